The highest BCUT2D eigenvalue weighted by atomic mass is 19.1. The molecule has 0 saturated heterocycles. The number of nitrogens with zero attached hydrogens (tertiary/aromatic N) is 3. The van der Waals surface area contributed by atoms with Gasteiger partial charge < -0.3 is 71.3 Å². The van der Waals surface area contributed by atoms with E-state index >= 15 is 0 Å². The number of hydrogen-bond donors (Lipinski definition) is 10. The van der Waals surface area contributed by atoms with E-state index in [0.29, 0.717) is 5.69 Å². The molecule has 28 heteroatoms. The standard InChI is InChI=1S/C38H60FN9O18/c1-23(2)34(45-36(60)25(5-6-30(51)52)43-37(61)27(19-33(57)58)42-29(50)22-48-21-24(46-47-48)4-3-8-39)38(62)44-26(18-32(55)56)35(59)41-20-28(49)40-9-11-64-13-15-66-17-16-65-14-12-63-10-7-31(53)54/h21,23,25-27,34H,3-20,22H2,1-2H3,(H,40,49)(H,41,59)(H,42,50)(H,43,61)(H,44,62)(H,45,60)(H,51,52)(H,53,54)(H,55,56)(H,57,58)/t25?,26?,27-,34-/m0/s1. The summed E-state index contributed by atoms with van der Waals surface area (Å²) >= 11 is 0. The lowest BCUT2D eigenvalue weighted by Crippen LogP contribution is -2.60. The summed E-state index contributed by atoms with van der Waals surface area (Å²) in [6.45, 7) is 2.82. The Morgan fingerprint density at radius 2 is 1.15 bits per heavy atom. The molecule has 0 fully saturated rings. The zero-order chi connectivity index (χ0) is 49.4. The van der Waals surface area contributed by atoms with Crippen LogP contribution >= 0.6 is 0 Å². The lowest BCUT2D eigenvalue weighted by Gasteiger charge is -2.27. The summed E-state index contributed by atoms with van der Waals surface area (Å²) in [4.78, 5) is 123. The van der Waals surface area contributed by atoms with Crippen LogP contribution in [0, 0.1) is 5.92 Å². The normalized spacial score (nSPS) is 12.8. The second-order valence-corrected chi connectivity index (χ2v) is 14.5. The molecule has 66 heavy (non-hydrogen) atoms. The predicted octanol–water partition coefficient (Wildman–Crippen LogP) is -3.64. The van der Waals surface area contributed by atoms with Crippen molar-refractivity contribution in [2.45, 2.75) is 89.5 Å². The number of ether oxygens (including phenoxy) is 4. The molecule has 0 aliphatic heterocycles. The first-order valence-electron chi connectivity index (χ1n) is 20.7. The van der Waals surface area contributed by atoms with Crippen molar-refractivity contribution >= 4 is 59.3 Å². The number of rotatable bonds is 38. The fourth-order valence-electron chi connectivity index (χ4n) is 5.33. The third-order valence-corrected chi connectivity index (χ3v) is 8.60. The minimum absolute atomic E-state index is 0.0303. The van der Waals surface area contributed by atoms with Crippen LogP contribution in [0.15, 0.2) is 6.20 Å². The lowest BCUT2D eigenvalue weighted by molar-refractivity contribution is -0.142. The van der Waals surface area contributed by atoms with Crippen molar-refractivity contribution < 1.29 is 91.7 Å². The molecule has 1 heterocycles. The van der Waals surface area contributed by atoms with Crippen LogP contribution in [0.1, 0.15) is 58.1 Å². The quantitative estimate of drug-likeness (QED) is 0.0286. The van der Waals surface area contributed by atoms with E-state index in [1.165, 1.54) is 20.0 Å². The highest BCUT2D eigenvalue weighted by Crippen LogP contribution is 2.08. The maximum atomic E-state index is 13.5. The van der Waals surface area contributed by atoms with Crippen LogP contribution in [-0.2, 0) is 79.9 Å². The molecular weight excluding hydrogens is 889 g/mol. The minimum atomic E-state index is -1.79. The van der Waals surface area contributed by atoms with Crippen LogP contribution < -0.4 is 31.9 Å². The summed E-state index contributed by atoms with van der Waals surface area (Å²) in [5.41, 5.74) is 0.373. The SMILES string of the molecule is CC(C)[C@H](NC(=O)C(CCC(=O)O)NC(=O)[C@H](CC(=O)O)NC(=O)Cn1cc(CCCF)nn1)C(=O)NC(CC(=O)O)C(=O)NCC(=O)NCCOCCOCCOCCOCCC(=O)O. The van der Waals surface area contributed by atoms with Crippen molar-refractivity contribution in [1.82, 2.24) is 46.9 Å². The lowest BCUT2D eigenvalue weighted by atomic mass is 10.0. The van der Waals surface area contributed by atoms with Crippen molar-refractivity contribution in [3.05, 3.63) is 11.9 Å². The van der Waals surface area contributed by atoms with Gasteiger partial charge in [0.15, 0.2) is 0 Å². The fourth-order valence-corrected chi connectivity index (χ4v) is 5.33. The molecule has 0 aliphatic carbocycles. The smallest absolute Gasteiger partial charge is 0.305 e. The van der Waals surface area contributed by atoms with Gasteiger partial charge in [-0.05, 0) is 25.2 Å². The van der Waals surface area contributed by atoms with E-state index in [1.807, 2.05) is 0 Å². The van der Waals surface area contributed by atoms with Crippen LogP contribution in [0.2, 0.25) is 0 Å². The molecule has 372 valence electrons. The summed E-state index contributed by atoms with van der Waals surface area (Å²) in [5.74, 6) is -12.2. The maximum absolute atomic E-state index is 13.5. The van der Waals surface area contributed by atoms with Crippen molar-refractivity contribution in [3.63, 3.8) is 0 Å². The highest BCUT2D eigenvalue weighted by Gasteiger charge is 2.34. The molecule has 4 atom stereocenters. The summed E-state index contributed by atoms with van der Waals surface area (Å²) in [6.07, 6.45) is -1.55. The number of aliphatic carboxylic acids is 4. The number of carboxylic acids is 4. The molecule has 0 aromatic carbocycles. The Labute approximate surface area is 377 Å². The molecular formula is C38H60FN9O18. The summed E-state index contributed by atoms with van der Waals surface area (Å²) in [6, 6.07) is -6.79. The largest absolute Gasteiger partial charge is 0.481 e. The Morgan fingerprint density at radius 3 is 1.70 bits per heavy atom. The Morgan fingerprint density at radius 1 is 0.621 bits per heavy atom. The minimum Gasteiger partial charge on any atom is -0.481 e. The zero-order valence-electron chi connectivity index (χ0n) is 36.6. The number of aryl methyl sites for hydroxylation is 1. The van der Waals surface area contributed by atoms with E-state index in [0.717, 1.165) is 4.68 Å². The van der Waals surface area contributed by atoms with Crippen LogP contribution in [0.3, 0.4) is 0 Å². The molecule has 1 aromatic rings. The van der Waals surface area contributed by atoms with Gasteiger partial charge in [-0.1, -0.05) is 19.1 Å². The van der Waals surface area contributed by atoms with E-state index in [-0.39, 0.29) is 78.7 Å². The van der Waals surface area contributed by atoms with Gasteiger partial charge >= 0.3 is 23.9 Å². The third kappa shape index (κ3) is 27.1. The molecule has 10 N–H and O–H groups in total. The number of carbonyl (C=O) groups is 10. The summed E-state index contributed by atoms with van der Waals surface area (Å²) < 4.78 is 34.6. The number of carboxylic acid groups (broad SMARTS) is 4. The number of aromatic nitrogens is 3. The van der Waals surface area contributed by atoms with Crippen LogP contribution in [0.5, 0.6) is 0 Å². The van der Waals surface area contributed by atoms with Crippen LogP contribution in [0.4, 0.5) is 4.39 Å². The molecule has 0 radical (unpaired) electrons. The number of hydrogen-bond acceptors (Lipinski definition) is 16. The maximum Gasteiger partial charge on any atom is 0.305 e. The number of nitrogens with one attached hydrogen (secondary N) is 6. The van der Waals surface area contributed by atoms with Crippen molar-refractivity contribution in [2.75, 3.05) is 72.6 Å². The first kappa shape index (κ1) is 57.6. The van der Waals surface area contributed by atoms with Gasteiger partial charge in [-0.15, -0.1) is 5.10 Å². The molecule has 0 saturated carbocycles. The summed E-state index contributed by atoms with van der Waals surface area (Å²) in [7, 11) is 0. The Balaban J connectivity index is 2.76. The van der Waals surface area contributed by atoms with Crippen molar-refractivity contribution in [1.29, 1.82) is 0 Å². The van der Waals surface area contributed by atoms with E-state index < -0.39 is 135 Å². The predicted molar refractivity (Wildman–Crippen MR) is 220 cm³/mol. The third-order valence-electron chi connectivity index (χ3n) is 8.60. The van der Waals surface area contributed by atoms with Gasteiger partial charge in [0.25, 0.3) is 0 Å². The average Bonchev–Trinajstić information content (AvgIpc) is 3.69. The molecule has 6 amide bonds. The molecule has 0 bridgehead atoms. The van der Waals surface area contributed by atoms with Gasteiger partial charge in [0.05, 0.1) is 91.0 Å². The highest BCUT2D eigenvalue weighted by molar-refractivity contribution is 5.97. The fraction of sp³-hybridized carbons (Fsp3) is 0.684. The second-order valence-electron chi connectivity index (χ2n) is 14.5. The van der Waals surface area contributed by atoms with Crippen LogP contribution in [0.25, 0.3) is 0 Å². The molecule has 27 nitrogen and oxygen atoms in total. The first-order chi connectivity index (χ1) is 31.3. The Bertz CT molecular complexity index is 1750. The van der Waals surface area contributed by atoms with Crippen LogP contribution in [-0.4, -0.2) is 192 Å². The van der Waals surface area contributed by atoms with Gasteiger partial charge in [-0.2, -0.15) is 0 Å². The van der Waals surface area contributed by atoms with E-state index in [2.05, 4.69) is 42.2 Å². The first-order valence-corrected chi connectivity index (χ1v) is 20.7. The summed E-state index contributed by atoms with van der Waals surface area (Å²) in [5, 5.41) is 57.9. The Kier molecular flexibility index (Phi) is 28.9. The molecule has 2 unspecified atom stereocenters. The average molecular weight is 950 g/mol. The van der Waals surface area contributed by atoms with Gasteiger partial charge in [-0.25, -0.2) is 4.68 Å². The van der Waals surface area contributed by atoms with Crippen molar-refractivity contribution in [2.24, 2.45) is 5.92 Å². The number of alkyl halides is 1. The molecule has 1 rings (SSSR count). The van der Waals surface area contributed by atoms with E-state index in [1.54, 1.807) is 0 Å². The van der Waals surface area contributed by atoms with E-state index in [4.69, 9.17) is 24.1 Å². The second kappa shape index (κ2) is 33.1. The molecule has 0 aliphatic rings. The molecule has 1 aromatic heterocycles. The van der Waals surface area contributed by atoms with Gasteiger partial charge in [0.1, 0.15) is 30.7 Å². The zero-order valence-corrected chi connectivity index (χ0v) is 36.6. The monoisotopic (exact) mass is 949 g/mol. The topological polar surface area (TPSA) is 391 Å². The Hall–Kier alpha value is -6.39. The number of carbonyl (C=O) groups excluding carboxylic acids is 6. The van der Waals surface area contributed by atoms with E-state index in [9.17, 15) is 67.7 Å². The van der Waals surface area contributed by atoms with Gasteiger partial charge in [-0.3, -0.25) is 52.3 Å². The molecule has 0 spiro atoms. The van der Waals surface area contributed by atoms with Gasteiger partial charge in [0.2, 0.25) is 35.4 Å². The van der Waals surface area contributed by atoms with Gasteiger partial charge in [0, 0.05) is 19.2 Å². The number of halogens is 1. The number of amides is 6. The van der Waals surface area contributed by atoms with Crippen molar-refractivity contribution in [3.8, 4) is 0 Å².